The van der Waals surface area contributed by atoms with Crippen LogP contribution in [0.25, 0.3) is 10.9 Å². The number of carbonyl (C=O) groups excluding carboxylic acids is 1. The summed E-state index contributed by atoms with van der Waals surface area (Å²) >= 11 is 0. The van der Waals surface area contributed by atoms with Crippen molar-refractivity contribution >= 4 is 22.8 Å². The third kappa shape index (κ3) is 4.44. The van der Waals surface area contributed by atoms with Gasteiger partial charge in [0.05, 0.1) is 17.8 Å². The Kier molecular flexibility index (Phi) is 6.02. The molecule has 2 aliphatic heterocycles. The maximum atomic E-state index is 12.9. The minimum absolute atomic E-state index is 0.0199. The average Bonchev–Trinajstić information content (AvgIpc) is 2.83. The van der Waals surface area contributed by atoms with Crippen molar-refractivity contribution in [2.24, 2.45) is 5.92 Å². The number of fused-ring (bicyclic) bond motifs is 2. The molecule has 5 rings (SSSR count). The summed E-state index contributed by atoms with van der Waals surface area (Å²) in [6, 6.07) is 12.7. The van der Waals surface area contributed by atoms with Gasteiger partial charge < -0.3 is 15.0 Å². The largest absolute Gasteiger partial charge is 0.371 e. The van der Waals surface area contributed by atoms with Gasteiger partial charge in [-0.2, -0.15) is 0 Å². The fourth-order valence-corrected chi connectivity index (χ4v) is 4.99. The molecule has 3 aromatic rings. The van der Waals surface area contributed by atoms with E-state index in [4.69, 9.17) is 14.7 Å². The molecule has 33 heavy (non-hydrogen) atoms. The van der Waals surface area contributed by atoms with Crippen molar-refractivity contribution in [2.75, 3.05) is 31.1 Å². The highest BCUT2D eigenvalue weighted by Crippen LogP contribution is 2.28. The molecule has 3 heterocycles. The first-order valence-corrected chi connectivity index (χ1v) is 12.0. The lowest BCUT2D eigenvalue weighted by atomic mass is 9.95. The highest BCUT2D eigenvalue weighted by atomic mass is 16.5. The molecular weight excluding hydrogens is 412 g/mol. The lowest BCUT2D eigenvalue weighted by molar-refractivity contribution is -0.126. The van der Waals surface area contributed by atoms with Crippen molar-refractivity contribution in [1.82, 2.24) is 15.3 Å². The minimum Gasteiger partial charge on any atom is -0.371 e. The number of carbonyl (C=O) groups is 1. The smallest absolute Gasteiger partial charge is 0.226 e. The molecule has 2 aliphatic rings. The molecule has 1 atom stereocenters. The molecule has 6 nitrogen and oxygen atoms in total. The number of aromatic nitrogens is 2. The van der Waals surface area contributed by atoms with E-state index in [2.05, 4.69) is 54.4 Å². The second-order valence-corrected chi connectivity index (χ2v) is 9.38. The minimum atomic E-state index is -0.0555. The van der Waals surface area contributed by atoms with Crippen LogP contribution in [0.5, 0.6) is 0 Å². The highest BCUT2D eigenvalue weighted by Gasteiger charge is 2.28. The van der Waals surface area contributed by atoms with Gasteiger partial charge in [0.15, 0.2) is 0 Å². The van der Waals surface area contributed by atoms with Gasteiger partial charge in [-0.1, -0.05) is 24.3 Å². The molecule has 1 aromatic heterocycles. The molecule has 0 radical (unpaired) electrons. The number of ether oxygens (including phenoxy) is 1. The van der Waals surface area contributed by atoms with Crippen LogP contribution < -0.4 is 10.2 Å². The Morgan fingerprint density at radius 3 is 2.67 bits per heavy atom. The average molecular weight is 445 g/mol. The van der Waals surface area contributed by atoms with E-state index in [0.29, 0.717) is 13.2 Å². The van der Waals surface area contributed by atoms with Gasteiger partial charge in [-0.3, -0.25) is 4.79 Å². The van der Waals surface area contributed by atoms with E-state index in [9.17, 15) is 4.79 Å². The fourth-order valence-electron chi connectivity index (χ4n) is 4.99. The predicted molar refractivity (Wildman–Crippen MR) is 131 cm³/mol. The Morgan fingerprint density at radius 1 is 1.09 bits per heavy atom. The van der Waals surface area contributed by atoms with Crippen molar-refractivity contribution in [3.05, 3.63) is 64.3 Å². The zero-order chi connectivity index (χ0) is 22.9. The zero-order valence-corrected chi connectivity index (χ0v) is 19.7. The summed E-state index contributed by atoms with van der Waals surface area (Å²) in [4.78, 5) is 24.7. The molecule has 0 saturated carbocycles. The van der Waals surface area contributed by atoms with Gasteiger partial charge >= 0.3 is 0 Å². The van der Waals surface area contributed by atoms with Crippen LogP contribution in [0.3, 0.4) is 0 Å². The van der Waals surface area contributed by atoms with Crippen molar-refractivity contribution in [3.63, 3.8) is 0 Å². The van der Waals surface area contributed by atoms with Gasteiger partial charge in [0.1, 0.15) is 6.10 Å². The molecule has 0 spiro atoms. The summed E-state index contributed by atoms with van der Waals surface area (Å²) in [6.07, 6.45) is 2.50. The Morgan fingerprint density at radius 2 is 1.85 bits per heavy atom. The first-order chi connectivity index (χ1) is 16.0. The number of hydrogen-bond acceptors (Lipinski definition) is 5. The van der Waals surface area contributed by atoms with Crippen LogP contribution in [-0.4, -0.2) is 42.1 Å². The first kappa shape index (κ1) is 21.8. The molecule has 1 unspecified atom stereocenters. The number of hydrogen-bond donors (Lipinski definition) is 1. The number of amides is 1. The van der Waals surface area contributed by atoms with E-state index in [-0.39, 0.29) is 17.9 Å². The summed E-state index contributed by atoms with van der Waals surface area (Å²) in [6.45, 7) is 9.10. The second-order valence-electron chi connectivity index (χ2n) is 9.38. The third-order valence-corrected chi connectivity index (χ3v) is 7.19. The lowest BCUT2D eigenvalue weighted by Gasteiger charge is -2.32. The SMILES string of the molecule is Cc1cc2nc(N3CCC(C(=O)NCC4OCCc5ccccc54)CC3)nc(C)c2cc1C. The Labute approximate surface area is 195 Å². The van der Waals surface area contributed by atoms with Crippen LogP contribution in [0.2, 0.25) is 0 Å². The lowest BCUT2D eigenvalue weighted by Crippen LogP contribution is -2.42. The van der Waals surface area contributed by atoms with Crippen LogP contribution in [0, 0.1) is 26.7 Å². The van der Waals surface area contributed by atoms with Gasteiger partial charge in [-0.25, -0.2) is 9.97 Å². The van der Waals surface area contributed by atoms with Crippen LogP contribution in [0.4, 0.5) is 5.95 Å². The Hall–Kier alpha value is -2.99. The number of nitrogens with one attached hydrogen (secondary N) is 1. The van der Waals surface area contributed by atoms with E-state index in [1.165, 1.54) is 22.3 Å². The van der Waals surface area contributed by atoms with Crippen molar-refractivity contribution in [3.8, 4) is 0 Å². The van der Waals surface area contributed by atoms with Crippen LogP contribution in [0.1, 0.15) is 46.9 Å². The number of benzene rings is 2. The molecule has 1 amide bonds. The highest BCUT2D eigenvalue weighted by molar-refractivity contribution is 5.83. The van der Waals surface area contributed by atoms with Gasteiger partial charge in [0.2, 0.25) is 11.9 Å². The molecule has 2 aromatic carbocycles. The Bertz CT molecular complexity index is 1180. The number of anilines is 1. The number of aryl methyl sites for hydroxylation is 3. The van der Waals surface area contributed by atoms with Gasteiger partial charge in [0, 0.05) is 30.9 Å². The van der Waals surface area contributed by atoms with Gasteiger partial charge in [-0.15, -0.1) is 0 Å². The molecule has 1 N–H and O–H groups in total. The molecule has 0 aliphatic carbocycles. The van der Waals surface area contributed by atoms with Crippen molar-refractivity contribution in [2.45, 2.75) is 46.1 Å². The summed E-state index contributed by atoms with van der Waals surface area (Å²) in [5, 5.41) is 4.26. The van der Waals surface area contributed by atoms with E-state index in [1.807, 2.05) is 13.0 Å². The number of rotatable bonds is 4. The molecule has 1 fully saturated rings. The van der Waals surface area contributed by atoms with Crippen LogP contribution in [-0.2, 0) is 16.0 Å². The second kappa shape index (κ2) is 9.10. The van der Waals surface area contributed by atoms with E-state index < -0.39 is 0 Å². The molecule has 1 saturated heterocycles. The maximum absolute atomic E-state index is 12.9. The van der Waals surface area contributed by atoms with Gasteiger partial charge in [0.25, 0.3) is 0 Å². The van der Waals surface area contributed by atoms with E-state index >= 15 is 0 Å². The number of piperidine rings is 1. The molecule has 0 bridgehead atoms. The topological polar surface area (TPSA) is 67.4 Å². The van der Waals surface area contributed by atoms with Crippen molar-refractivity contribution in [1.29, 1.82) is 0 Å². The fraction of sp³-hybridized carbons (Fsp3) is 0.444. The predicted octanol–water partition coefficient (Wildman–Crippen LogP) is 4.20. The summed E-state index contributed by atoms with van der Waals surface area (Å²) in [5.74, 6) is 0.920. The molecule has 6 heteroatoms. The maximum Gasteiger partial charge on any atom is 0.226 e. The van der Waals surface area contributed by atoms with E-state index in [1.54, 1.807) is 0 Å². The molecule has 172 valence electrons. The monoisotopic (exact) mass is 444 g/mol. The first-order valence-electron chi connectivity index (χ1n) is 12.0. The number of nitrogens with zero attached hydrogens (tertiary/aromatic N) is 3. The van der Waals surface area contributed by atoms with Crippen molar-refractivity contribution < 1.29 is 9.53 Å². The summed E-state index contributed by atoms with van der Waals surface area (Å²) in [7, 11) is 0. The zero-order valence-electron chi connectivity index (χ0n) is 19.7. The third-order valence-electron chi connectivity index (χ3n) is 7.19. The van der Waals surface area contributed by atoms with E-state index in [0.717, 1.165) is 54.9 Å². The molecular formula is C27H32N4O2. The Balaban J connectivity index is 1.20. The summed E-state index contributed by atoms with van der Waals surface area (Å²) < 4.78 is 5.94. The quantitative estimate of drug-likeness (QED) is 0.653. The van der Waals surface area contributed by atoms with Crippen LogP contribution >= 0.6 is 0 Å². The van der Waals surface area contributed by atoms with Crippen LogP contribution in [0.15, 0.2) is 36.4 Å². The summed E-state index contributed by atoms with van der Waals surface area (Å²) in [5.41, 5.74) is 7.03. The normalized spacial score (nSPS) is 18.9. The standard InChI is InChI=1S/C27H32N4O2/c1-17-14-23-19(3)29-27(30-24(23)15-18(17)2)31-11-8-21(9-12-31)26(32)28-16-25-22-7-5-4-6-20(22)10-13-33-25/h4-7,14-15,21,25H,8-13,16H2,1-3H3,(H,28,32). The van der Waals surface area contributed by atoms with Gasteiger partial charge in [-0.05, 0) is 74.4 Å².